The summed E-state index contributed by atoms with van der Waals surface area (Å²) in [6.45, 7) is 7.80. The summed E-state index contributed by atoms with van der Waals surface area (Å²) in [4.78, 5) is 33.3. The molecule has 0 saturated heterocycles. The van der Waals surface area contributed by atoms with Crippen LogP contribution in [0, 0.1) is 20.8 Å². The Balaban J connectivity index is 1.67. The minimum Gasteiger partial charge on any atom is -0.310 e. The summed E-state index contributed by atoms with van der Waals surface area (Å²) in [5, 5.41) is 0. The van der Waals surface area contributed by atoms with E-state index in [0.29, 0.717) is 23.7 Å². The Kier molecular flexibility index (Phi) is 4.36. The Hall–Kier alpha value is -3.61. The lowest BCUT2D eigenvalue weighted by Gasteiger charge is -2.17. The standard InChI is InChI=1S/C24H25N5O2/c1-15-6-5-7-18(12-15)14-29-22(30)20-21(26(4)24(29)31)25-23-27(10-11-28(20)23)19-9-8-16(2)17(3)13-19/h5-9,12-13H,10-11,14H2,1-4H3. The first-order valence-electron chi connectivity index (χ1n) is 10.5. The van der Waals surface area contributed by atoms with Crippen molar-refractivity contribution < 1.29 is 0 Å². The lowest BCUT2D eigenvalue weighted by atomic mass is 10.1. The van der Waals surface area contributed by atoms with Gasteiger partial charge >= 0.3 is 5.69 Å². The van der Waals surface area contributed by atoms with E-state index < -0.39 is 0 Å². The smallest absolute Gasteiger partial charge is 0.310 e. The number of fused-ring (bicyclic) bond motifs is 3. The van der Waals surface area contributed by atoms with Gasteiger partial charge in [-0.2, -0.15) is 4.98 Å². The van der Waals surface area contributed by atoms with Gasteiger partial charge in [0, 0.05) is 25.8 Å². The van der Waals surface area contributed by atoms with Crippen molar-refractivity contribution in [2.45, 2.75) is 33.9 Å². The number of aryl methyl sites for hydroxylation is 4. The number of hydrogen-bond acceptors (Lipinski definition) is 4. The van der Waals surface area contributed by atoms with Gasteiger partial charge in [-0.25, -0.2) is 4.79 Å². The van der Waals surface area contributed by atoms with Crippen LogP contribution in [-0.2, 0) is 20.1 Å². The molecule has 2 aromatic heterocycles. The van der Waals surface area contributed by atoms with Crippen molar-refractivity contribution in [2.24, 2.45) is 7.05 Å². The summed E-state index contributed by atoms with van der Waals surface area (Å²) in [6, 6.07) is 14.2. The molecule has 0 aliphatic carbocycles. The maximum atomic E-state index is 13.4. The molecule has 1 aliphatic rings. The zero-order valence-electron chi connectivity index (χ0n) is 18.2. The maximum Gasteiger partial charge on any atom is 0.332 e. The third-order valence-corrected chi connectivity index (χ3v) is 6.23. The van der Waals surface area contributed by atoms with Crippen LogP contribution >= 0.6 is 0 Å². The van der Waals surface area contributed by atoms with Crippen molar-refractivity contribution in [1.29, 1.82) is 0 Å². The predicted molar refractivity (Wildman–Crippen MR) is 122 cm³/mol. The summed E-state index contributed by atoms with van der Waals surface area (Å²) < 4.78 is 4.74. The van der Waals surface area contributed by atoms with Crippen molar-refractivity contribution >= 4 is 22.8 Å². The van der Waals surface area contributed by atoms with Gasteiger partial charge in [0.15, 0.2) is 11.2 Å². The van der Waals surface area contributed by atoms with Gasteiger partial charge in [-0.15, -0.1) is 0 Å². The molecule has 7 heteroatoms. The second kappa shape index (κ2) is 6.97. The molecule has 31 heavy (non-hydrogen) atoms. The van der Waals surface area contributed by atoms with Crippen LogP contribution in [0.2, 0.25) is 0 Å². The van der Waals surface area contributed by atoms with Crippen molar-refractivity contribution in [2.75, 3.05) is 11.4 Å². The molecule has 3 heterocycles. The lowest BCUT2D eigenvalue weighted by Crippen LogP contribution is -2.40. The predicted octanol–water partition coefficient (Wildman–Crippen LogP) is 3.02. The summed E-state index contributed by atoms with van der Waals surface area (Å²) >= 11 is 0. The quantitative estimate of drug-likeness (QED) is 0.516. The highest BCUT2D eigenvalue weighted by Crippen LogP contribution is 2.32. The second-order valence-corrected chi connectivity index (χ2v) is 8.38. The van der Waals surface area contributed by atoms with Crippen LogP contribution < -0.4 is 16.1 Å². The summed E-state index contributed by atoms with van der Waals surface area (Å²) in [7, 11) is 1.68. The van der Waals surface area contributed by atoms with E-state index >= 15 is 0 Å². The van der Waals surface area contributed by atoms with E-state index in [4.69, 9.17) is 4.98 Å². The molecule has 158 valence electrons. The molecule has 5 rings (SSSR count). The number of benzene rings is 2. The number of anilines is 2. The molecule has 0 saturated carbocycles. The van der Waals surface area contributed by atoms with Crippen molar-refractivity contribution in [3.8, 4) is 0 Å². The first kappa shape index (κ1) is 19.4. The monoisotopic (exact) mass is 415 g/mol. The highest BCUT2D eigenvalue weighted by Gasteiger charge is 2.28. The maximum absolute atomic E-state index is 13.4. The van der Waals surface area contributed by atoms with Crippen LogP contribution in [0.15, 0.2) is 52.1 Å². The van der Waals surface area contributed by atoms with Crippen LogP contribution in [0.25, 0.3) is 11.2 Å². The van der Waals surface area contributed by atoms with Crippen LogP contribution in [0.3, 0.4) is 0 Å². The van der Waals surface area contributed by atoms with Crippen molar-refractivity contribution in [3.05, 3.63) is 85.6 Å². The van der Waals surface area contributed by atoms with Crippen molar-refractivity contribution in [3.63, 3.8) is 0 Å². The minimum atomic E-state index is -0.353. The number of hydrogen-bond donors (Lipinski definition) is 0. The molecule has 1 aliphatic heterocycles. The number of aromatic nitrogens is 4. The van der Waals surface area contributed by atoms with Crippen LogP contribution in [-0.4, -0.2) is 25.2 Å². The molecule has 2 aromatic carbocycles. The molecular formula is C24H25N5O2. The third kappa shape index (κ3) is 3.00. The summed E-state index contributed by atoms with van der Waals surface area (Å²) in [5.74, 6) is 0.707. The van der Waals surface area contributed by atoms with E-state index in [2.05, 4.69) is 36.9 Å². The van der Waals surface area contributed by atoms with Crippen LogP contribution in [0.4, 0.5) is 11.6 Å². The summed E-state index contributed by atoms with van der Waals surface area (Å²) in [5.41, 5.74) is 5.78. The Bertz CT molecular complexity index is 1460. The van der Waals surface area contributed by atoms with E-state index in [0.717, 1.165) is 23.4 Å². The Morgan fingerprint density at radius 2 is 1.77 bits per heavy atom. The molecule has 4 aromatic rings. The second-order valence-electron chi connectivity index (χ2n) is 8.38. The third-order valence-electron chi connectivity index (χ3n) is 6.23. The average molecular weight is 415 g/mol. The zero-order valence-corrected chi connectivity index (χ0v) is 18.2. The minimum absolute atomic E-state index is 0.241. The fourth-order valence-corrected chi connectivity index (χ4v) is 4.35. The van der Waals surface area contributed by atoms with E-state index in [-0.39, 0.29) is 17.8 Å². The van der Waals surface area contributed by atoms with Crippen LogP contribution in [0.1, 0.15) is 22.3 Å². The molecule has 0 atom stereocenters. The van der Waals surface area contributed by atoms with Gasteiger partial charge in [0.25, 0.3) is 5.56 Å². The van der Waals surface area contributed by atoms with Gasteiger partial charge in [0.1, 0.15) is 0 Å². The lowest BCUT2D eigenvalue weighted by molar-refractivity contribution is 0.652. The van der Waals surface area contributed by atoms with Gasteiger partial charge in [0.2, 0.25) is 5.95 Å². The van der Waals surface area contributed by atoms with E-state index in [1.807, 2.05) is 35.8 Å². The molecular weight excluding hydrogens is 390 g/mol. The van der Waals surface area contributed by atoms with Gasteiger partial charge in [-0.3, -0.25) is 13.9 Å². The van der Waals surface area contributed by atoms with Gasteiger partial charge in [-0.05, 0) is 49.6 Å². The highest BCUT2D eigenvalue weighted by atomic mass is 16.2. The Morgan fingerprint density at radius 3 is 2.52 bits per heavy atom. The molecule has 0 fully saturated rings. The topological polar surface area (TPSA) is 65.1 Å². The molecule has 0 amide bonds. The molecule has 7 nitrogen and oxygen atoms in total. The number of imidazole rings is 1. The Labute approximate surface area is 179 Å². The largest absolute Gasteiger partial charge is 0.332 e. The molecule has 0 radical (unpaired) electrons. The van der Waals surface area contributed by atoms with E-state index in [9.17, 15) is 9.59 Å². The molecule has 0 bridgehead atoms. The average Bonchev–Trinajstić information content (AvgIpc) is 3.31. The fraction of sp³-hybridized carbons (Fsp3) is 0.292. The van der Waals surface area contributed by atoms with E-state index in [1.54, 1.807) is 7.05 Å². The fourth-order valence-electron chi connectivity index (χ4n) is 4.35. The SMILES string of the molecule is Cc1cccc(Cn2c(=O)c3c(nc4n3CCN4c3ccc(C)c(C)c3)n(C)c2=O)c1. The Morgan fingerprint density at radius 1 is 0.968 bits per heavy atom. The van der Waals surface area contributed by atoms with Gasteiger partial charge in [-0.1, -0.05) is 35.9 Å². The van der Waals surface area contributed by atoms with E-state index in [1.165, 1.54) is 20.3 Å². The van der Waals surface area contributed by atoms with Gasteiger partial charge < -0.3 is 9.47 Å². The summed E-state index contributed by atoms with van der Waals surface area (Å²) in [6.07, 6.45) is 0. The van der Waals surface area contributed by atoms with Gasteiger partial charge in [0.05, 0.1) is 6.54 Å². The highest BCUT2D eigenvalue weighted by molar-refractivity contribution is 5.78. The van der Waals surface area contributed by atoms with Crippen molar-refractivity contribution in [1.82, 2.24) is 18.7 Å². The first-order chi connectivity index (χ1) is 14.8. The zero-order chi connectivity index (χ0) is 21.9. The molecule has 0 unspecified atom stereocenters. The normalized spacial score (nSPS) is 13.2. The number of nitrogens with zero attached hydrogens (tertiary/aromatic N) is 5. The first-order valence-corrected chi connectivity index (χ1v) is 10.5. The number of rotatable bonds is 3. The van der Waals surface area contributed by atoms with Crippen LogP contribution in [0.5, 0.6) is 0 Å². The molecule has 0 spiro atoms. The molecule has 0 N–H and O–H groups in total.